The van der Waals surface area contributed by atoms with Gasteiger partial charge in [-0.2, -0.15) is 5.10 Å². The fourth-order valence-electron chi connectivity index (χ4n) is 2.66. The standard InChI is InChI=1S/C22H19N3O4/c1-16(17-11-13-19(14-12-17)25(27)28)23-24-22(26)15-29-21-10-6-5-9-20(21)18-7-3-2-4-8-18/h2-14H,15H2,1H3,(H,24,26). The van der Waals surface area contributed by atoms with Gasteiger partial charge in [-0.25, -0.2) is 5.43 Å². The molecule has 0 aliphatic rings. The van der Waals surface area contributed by atoms with Crippen molar-refractivity contribution in [3.8, 4) is 16.9 Å². The first-order valence-corrected chi connectivity index (χ1v) is 8.90. The Morgan fingerprint density at radius 2 is 1.66 bits per heavy atom. The third kappa shape index (κ3) is 5.26. The van der Waals surface area contributed by atoms with Gasteiger partial charge >= 0.3 is 0 Å². The number of amides is 1. The van der Waals surface area contributed by atoms with Gasteiger partial charge in [-0.15, -0.1) is 0 Å². The average Bonchev–Trinajstić information content (AvgIpc) is 2.77. The predicted molar refractivity (Wildman–Crippen MR) is 111 cm³/mol. The second-order valence-electron chi connectivity index (χ2n) is 6.19. The molecular weight excluding hydrogens is 370 g/mol. The predicted octanol–water partition coefficient (Wildman–Crippen LogP) is 4.18. The molecule has 0 heterocycles. The lowest BCUT2D eigenvalue weighted by atomic mass is 10.1. The lowest BCUT2D eigenvalue weighted by molar-refractivity contribution is -0.384. The minimum Gasteiger partial charge on any atom is -0.483 e. The van der Waals surface area contributed by atoms with Gasteiger partial charge in [0.25, 0.3) is 11.6 Å². The summed E-state index contributed by atoms with van der Waals surface area (Å²) >= 11 is 0. The largest absolute Gasteiger partial charge is 0.483 e. The van der Waals surface area contributed by atoms with Crippen LogP contribution in [0.1, 0.15) is 12.5 Å². The summed E-state index contributed by atoms with van der Waals surface area (Å²) in [5.41, 5.74) is 5.52. The van der Waals surface area contributed by atoms with Gasteiger partial charge in [0.1, 0.15) is 5.75 Å². The van der Waals surface area contributed by atoms with Crippen LogP contribution in [0.2, 0.25) is 0 Å². The van der Waals surface area contributed by atoms with E-state index in [1.165, 1.54) is 12.1 Å². The molecule has 0 aliphatic heterocycles. The topological polar surface area (TPSA) is 93.8 Å². The van der Waals surface area contributed by atoms with Crippen LogP contribution < -0.4 is 10.2 Å². The van der Waals surface area contributed by atoms with Gasteiger partial charge in [0.15, 0.2) is 6.61 Å². The third-order valence-corrected chi connectivity index (χ3v) is 4.17. The molecule has 0 spiro atoms. The van der Waals surface area contributed by atoms with Crippen molar-refractivity contribution in [2.75, 3.05) is 6.61 Å². The van der Waals surface area contributed by atoms with E-state index in [2.05, 4.69) is 10.5 Å². The Bertz CT molecular complexity index is 1030. The molecule has 3 rings (SSSR count). The summed E-state index contributed by atoms with van der Waals surface area (Å²) in [7, 11) is 0. The number of rotatable bonds is 7. The maximum absolute atomic E-state index is 12.1. The highest BCUT2D eigenvalue weighted by Crippen LogP contribution is 2.29. The van der Waals surface area contributed by atoms with Crippen molar-refractivity contribution in [2.24, 2.45) is 5.10 Å². The molecule has 7 nitrogen and oxygen atoms in total. The smallest absolute Gasteiger partial charge is 0.277 e. The Kier molecular flexibility index (Phi) is 6.32. The van der Waals surface area contributed by atoms with Crippen molar-refractivity contribution in [1.29, 1.82) is 0 Å². The second kappa shape index (κ2) is 9.27. The number of nitrogens with zero attached hydrogens (tertiary/aromatic N) is 2. The highest BCUT2D eigenvalue weighted by atomic mass is 16.6. The molecule has 0 unspecified atom stereocenters. The molecule has 3 aromatic rings. The minimum absolute atomic E-state index is 0.00364. The molecule has 3 aromatic carbocycles. The van der Waals surface area contributed by atoms with E-state index in [-0.39, 0.29) is 12.3 Å². The van der Waals surface area contributed by atoms with Gasteiger partial charge in [-0.05, 0) is 36.2 Å². The third-order valence-electron chi connectivity index (χ3n) is 4.17. The van der Waals surface area contributed by atoms with Crippen molar-refractivity contribution < 1.29 is 14.5 Å². The maximum atomic E-state index is 12.1. The molecule has 0 radical (unpaired) electrons. The number of hydrogen-bond donors (Lipinski definition) is 1. The van der Waals surface area contributed by atoms with Crippen LogP contribution in [0.5, 0.6) is 5.75 Å². The molecule has 0 fully saturated rings. The molecule has 7 heteroatoms. The number of nitro groups is 1. The molecule has 0 bridgehead atoms. The summed E-state index contributed by atoms with van der Waals surface area (Å²) in [4.78, 5) is 22.3. The zero-order valence-corrected chi connectivity index (χ0v) is 15.7. The van der Waals surface area contributed by atoms with Crippen LogP contribution in [0.15, 0.2) is 84.0 Å². The second-order valence-corrected chi connectivity index (χ2v) is 6.19. The lowest BCUT2D eigenvalue weighted by Crippen LogP contribution is -2.25. The summed E-state index contributed by atoms with van der Waals surface area (Å²) in [5, 5.41) is 14.7. The number of hydrazone groups is 1. The first-order valence-electron chi connectivity index (χ1n) is 8.90. The molecular formula is C22H19N3O4. The molecule has 1 N–H and O–H groups in total. The van der Waals surface area contributed by atoms with E-state index in [0.717, 1.165) is 11.1 Å². The highest BCUT2D eigenvalue weighted by Gasteiger charge is 2.09. The summed E-state index contributed by atoms with van der Waals surface area (Å²) in [6, 6.07) is 23.2. The number of para-hydroxylation sites is 1. The van der Waals surface area contributed by atoms with Gasteiger partial charge in [0, 0.05) is 17.7 Å². The molecule has 0 atom stereocenters. The Labute approximate surface area is 167 Å². The highest BCUT2D eigenvalue weighted by molar-refractivity contribution is 5.99. The average molecular weight is 389 g/mol. The number of carbonyl (C=O) groups is 1. The monoisotopic (exact) mass is 389 g/mol. The van der Waals surface area contributed by atoms with Crippen molar-refractivity contribution in [2.45, 2.75) is 6.92 Å². The normalized spacial score (nSPS) is 11.0. The fraction of sp³-hybridized carbons (Fsp3) is 0.0909. The molecule has 0 aliphatic carbocycles. The zero-order chi connectivity index (χ0) is 20.6. The zero-order valence-electron chi connectivity index (χ0n) is 15.7. The van der Waals surface area contributed by atoms with Crippen molar-refractivity contribution in [3.05, 3.63) is 94.5 Å². The van der Waals surface area contributed by atoms with Crippen LogP contribution in [0.4, 0.5) is 5.69 Å². The van der Waals surface area contributed by atoms with Gasteiger partial charge in [0.05, 0.1) is 10.6 Å². The Balaban J connectivity index is 1.61. The molecule has 1 amide bonds. The fourth-order valence-corrected chi connectivity index (χ4v) is 2.66. The van der Waals surface area contributed by atoms with Gasteiger partial charge < -0.3 is 4.74 Å². The van der Waals surface area contributed by atoms with Crippen LogP contribution in [-0.4, -0.2) is 23.1 Å². The first kappa shape index (κ1) is 19.8. The number of carbonyl (C=O) groups excluding carboxylic acids is 1. The molecule has 0 aromatic heterocycles. The van der Waals surface area contributed by atoms with Crippen LogP contribution >= 0.6 is 0 Å². The Hall–Kier alpha value is -4.00. The number of nitro benzene ring substituents is 1. The maximum Gasteiger partial charge on any atom is 0.277 e. The number of nitrogens with one attached hydrogen (secondary N) is 1. The Morgan fingerprint density at radius 3 is 2.34 bits per heavy atom. The van der Waals surface area contributed by atoms with E-state index < -0.39 is 10.8 Å². The summed E-state index contributed by atoms with van der Waals surface area (Å²) < 4.78 is 5.68. The van der Waals surface area contributed by atoms with Gasteiger partial charge in [-0.3, -0.25) is 14.9 Å². The van der Waals surface area contributed by atoms with E-state index in [1.807, 2.05) is 48.5 Å². The number of hydrogen-bond acceptors (Lipinski definition) is 5. The van der Waals surface area contributed by atoms with Gasteiger partial charge in [0.2, 0.25) is 0 Å². The number of ether oxygens (including phenoxy) is 1. The van der Waals surface area contributed by atoms with Crippen LogP contribution in [0, 0.1) is 10.1 Å². The quantitative estimate of drug-likeness (QED) is 0.373. The molecule has 0 saturated heterocycles. The number of non-ortho nitro benzene ring substituents is 1. The summed E-state index contributed by atoms with van der Waals surface area (Å²) in [6.07, 6.45) is 0. The van der Waals surface area contributed by atoms with E-state index in [9.17, 15) is 14.9 Å². The van der Waals surface area contributed by atoms with Crippen LogP contribution in [0.3, 0.4) is 0 Å². The molecule has 146 valence electrons. The van der Waals surface area contributed by atoms with Crippen molar-refractivity contribution in [1.82, 2.24) is 5.43 Å². The van der Waals surface area contributed by atoms with E-state index in [4.69, 9.17) is 4.74 Å². The molecule has 29 heavy (non-hydrogen) atoms. The Morgan fingerprint density at radius 1 is 1.00 bits per heavy atom. The first-order chi connectivity index (χ1) is 14.0. The SMILES string of the molecule is CC(=NNC(=O)COc1ccccc1-c1ccccc1)c1ccc([N+](=O)[O-])cc1. The summed E-state index contributed by atoms with van der Waals surface area (Å²) in [6.45, 7) is 1.51. The van der Waals surface area contributed by atoms with E-state index in [0.29, 0.717) is 17.0 Å². The van der Waals surface area contributed by atoms with E-state index >= 15 is 0 Å². The van der Waals surface area contributed by atoms with Crippen LogP contribution in [-0.2, 0) is 4.79 Å². The van der Waals surface area contributed by atoms with Crippen LogP contribution in [0.25, 0.3) is 11.1 Å². The minimum atomic E-state index is -0.470. The molecule has 0 saturated carbocycles. The van der Waals surface area contributed by atoms with Gasteiger partial charge in [-0.1, -0.05) is 48.5 Å². The van der Waals surface area contributed by atoms with Crippen molar-refractivity contribution >= 4 is 17.3 Å². The van der Waals surface area contributed by atoms with Crippen molar-refractivity contribution in [3.63, 3.8) is 0 Å². The lowest BCUT2D eigenvalue weighted by Gasteiger charge is -2.11. The summed E-state index contributed by atoms with van der Waals surface area (Å²) in [5.74, 6) is 0.194. The van der Waals surface area contributed by atoms with E-state index in [1.54, 1.807) is 25.1 Å². The number of benzene rings is 3.